The number of methoxy groups -OCH3 is 1. The number of nitrogens with one attached hydrogen (secondary N) is 1. The van der Waals surface area contributed by atoms with E-state index in [1.807, 2.05) is 0 Å². The van der Waals surface area contributed by atoms with Crippen molar-refractivity contribution in [2.75, 3.05) is 19.9 Å². The number of benzene rings is 1. The maximum absolute atomic E-state index is 12.0. The number of hydrogen-bond acceptors (Lipinski definition) is 7. The molecule has 0 fully saturated rings. The Morgan fingerprint density at radius 1 is 1.15 bits per heavy atom. The number of amides is 1. The molecular weight excluding hydrogens is 362 g/mol. The topological polar surface area (TPSA) is 108 Å². The fourth-order valence-electron chi connectivity index (χ4n) is 2.07. The summed E-state index contributed by atoms with van der Waals surface area (Å²) in [6.07, 6.45) is 0.626. The third kappa shape index (κ3) is 8.70. The minimum absolute atomic E-state index is 0.0448. The Hall–Kier alpha value is -2.29. The van der Waals surface area contributed by atoms with Crippen molar-refractivity contribution in [3.8, 4) is 5.75 Å². The molecule has 0 aliphatic carbocycles. The Balaban J connectivity index is 2.73. The Morgan fingerprint density at radius 2 is 1.73 bits per heavy atom. The largest absolute Gasteiger partial charge is 0.469 e. The van der Waals surface area contributed by atoms with Crippen LogP contribution in [0.5, 0.6) is 5.75 Å². The first-order chi connectivity index (χ1) is 11.9. The molecule has 0 aromatic heterocycles. The maximum Gasteiger partial charge on any atom is 0.407 e. The zero-order chi connectivity index (χ0) is 20.0. The van der Waals surface area contributed by atoms with Crippen molar-refractivity contribution >= 4 is 22.2 Å². The minimum Gasteiger partial charge on any atom is -0.469 e. The van der Waals surface area contributed by atoms with E-state index in [2.05, 4.69) is 5.32 Å². The highest BCUT2D eigenvalue weighted by Crippen LogP contribution is 2.17. The van der Waals surface area contributed by atoms with Gasteiger partial charge in [-0.3, -0.25) is 4.79 Å². The quantitative estimate of drug-likeness (QED) is 0.562. The molecule has 0 saturated carbocycles. The van der Waals surface area contributed by atoms with Gasteiger partial charge in [0.2, 0.25) is 0 Å². The zero-order valence-corrected chi connectivity index (χ0v) is 16.4. The van der Waals surface area contributed by atoms with Crippen LogP contribution in [-0.2, 0) is 30.8 Å². The lowest BCUT2D eigenvalue weighted by molar-refractivity contribution is -0.145. The van der Waals surface area contributed by atoms with Crippen LogP contribution in [0.15, 0.2) is 24.3 Å². The summed E-state index contributed by atoms with van der Waals surface area (Å²) in [4.78, 5) is 23.7. The molecule has 26 heavy (non-hydrogen) atoms. The molecule has 0 aliphatic rings. The predicted molar refractivity (Wildman–Crippen MR) is 95.4 cm³/mol. The van der Waals surface area contributed by atoms with Crippen molar-refractivity contribution in [1.29, 1.82) is 0 Å². The van der Waals surface area contributed by atoms with E-state index in [1.165, 1.54) is 19.2 Å². The van der Waals surface area contributed by atoms with E-state index in [4.69, 9.17) is 13.7 Å². The van der Waals surface area contributed by atoms with Crippen LogP contribution in [0.4, 0.5) is 4.79 Å². The first kappa shape index (κ1) is 21.8. The first-order valence-electron chi connectivity index (χ1n) is 7.92. The molecule has 8 nitrogen and oxygen atoms in total. The standard InChI is InChI=1S/C17H25NO7S/c1-17(2,3)24-16(20)18-11-13(15(19)23-4)10-12-6-8-14(9-7-12)25-26(5,21)22/h6-9,13H,10-11H2,1-5H3,(H,18,20). The summed E-state index contributed by atoms with van der Waals surface area (Å²) < 4.78 is 36.9. The number of alkyl carbamates (subject to hydrolysis) is 1. The Kier molecular flexibility index (Phi) is 7.43. The van der Waals surface area contributed by atoms with Gasteiger partial charge in [0.1, 0.15) is 11.4 Å². The third-order valence-corrected chi connectivity index (χ3v) is 3.57. The normalized spacial score (nSPS) is 12.8. The lowest BCUT2D eigenvalue weighted by Gasteiger charge is -2.21. The number of hydrogen-bond donors (Lipinski definition) is 1. The van der Waals surface area contributed by atoms with Crippen molar-refractivity contribution in [3.05, 3.63) is 29.8 Å². The lowest BCUT2D eigenvalue weighted by Crippen LogP contribution is -2.38. The van der Waals surface area contributed by atoms with Gasteiger partial charge in [0.15, 0.2) is 0 Å². The van der Waals surface area contributed by atoms with Gasteiger partial charge in [0.25, 0.3) is 0 Å². The molecule has 1 aromatic rings. The van der Waals surface area contributed by atoms with E-state index < -0.39 is 33.7 Å². The van der Waals surface area contributed by atoms with Crippen LogP contribution in [0.3, 0.4) is 0 Å². The molecule has 1 atom stereocenters. The molecule has 0 bridgehead atoms. The minimum atomic E-state index is -3.60. The van der Waals surface area contributed by atoms with Gasteiger partial charge in [0, 0.05) is 6.54 Å². The van der Waals surface area contributed by atoms with Crippen LogP contribution >= 0.6 is 0 Å². The highest BCUT2D eigenvalue weighted by Gasteiger charge is 2.23. The Bertz CT molecular complexity index is 720. The molecule has 9 heteroatoms. The van der Waals surface area contributed by atoms with Crippen LogP contribution in [-0.4, -0.2) is 46.0 Å². The summed E-state index contributed by atoms with van der Waals surface area (Å²) in [6.45, 7) is 5.27. The van der Waals surface area contributed by atoms with Crippen molar-refractivity contribution in [2.45, 2.75) is 32.8 Å². The molecule has 1 rings (SSSR count). The van der Waals surface area contributed by atoms with E-state index in [9.17, 15) is 18.0 Å². The second-order valence-electron chi connectivity index (χ2n) is 6.74. The van der Waals surface area contributed by atoms with Crippen molar-refractivity contribution in [1.82, 2.24) is 5.32 Å². The molecule has 1 unspecified atom stereocenters. The van der Waals surface area contributed by atoms with E-state index >= 15 is 0 Å². The molecule has 0 radical (unpaired) electrons. The SMILES string of the molecule is COC(=O)C(CNC(=O)OC(C)(C)C)Cc1ccc(OS(C)(=O)=O)cc1. The fraction of sp³-hybridized carbons (Fsp3) is 0.529. The monoisotopic (exact) mass is 387 g/mol. The fourth-order valence-corrected chi connectivity index (χ4v) is 2.53. The Labute approximate surface area is 153 Å². The summed E-state index contributed by atoms with van der Waals surface area (Å²) >= 11 is 0. The second-order valence-corrected chi connectivity index (χ2v) is 8.31. The summed E-state index contributed by atoms with van der Waals surface area (Å²) in [6, 6.07) is 6.27. The highest BCUT2D eigenvalue weighted by molar-refractivity contribution is 7.86. The molecule has 0 saturated heterocycles. The first-order valence-corrected chi connectivity index (χ1v) is 9.74. The smallest absolute Gasteiger partial charge is 0.407 e. The number of ether oxygens (including phenoxy) is 2. The predicted octanol–water partition coefficient (Wildman–Crippen LogP) is 1.88. The van der Waals surface area contributed by atoms with Crippen LogP contribution in [0.25, 0.3) is 0 Å². The van der Waals surface area contributed by atoms with Crippen molar-refractivity contribution < 1.29 is 31.7 Å². The Morgan fingerprint density at radius 3 is 2.19 bits per heavy atom. The number of rotatable bonds is 7. The van der Waals surface area contributed by atoms with Gasteiger partial charge in [-0.2, -0.15) is 8.42 Å². The van der Waals surface area contributed by atoms with Crippen LogP contribution < -0.4 is 9.50 Å². The molecule has 1 N–H and O–H groups in total. The molecule has 1 amide bonds. The summed E-state index contributed by atoms with van der Waals surface area (Å²) in [5.74, 6) is -0.913. The summed E-state index contributed by atoms with van der Waals surface area (Å²) in [5.41, 5.74) is 0.118. The van der Waals surface area contributed by atoms with Crippen LogP contribution in [0, 0.1) is 5.92 Å². The molecular formula is C17H25NO7S. The summed E-state index contributed by atoms with van der Waals surface area (Å²) in [7, 11) is -2.33. The average molecular weight is 387 g/mol. The van der Waals surface area contributed by atoms with Gasteiger partial charge in [-0.15, -0.1) is 0 Å². The maximum atomic E-state index is 12.0. The van der Waals surface area contributed by atoms with Crippen molar-refractivity contribution in [3.63, 3.8) is 0 Å². The van der Waals surface area contributed by atoms with Gasteiger partial charge in [-0.05, 0) is 44.9 Å². The molecule has 0 heterocycles. The van der Waals surface area contributed by atoms with Gasteiger partial charge in [0.05, 0.1) is 19.3 Å². The number of carbonyl (C=O) groups excluding carboxylic acids is 2. The molecule has 0 aliphatic heterocycles. The van der Waals surface area contributed by atoms with Crippen LogP contribution in [0.1, 0.15) is 26.3 Å². The van der Waals surface area contributed by atoms with Gasteiger partial charge in [-0.25, -0.2) is 4.79 Å². The number of carbonyl (C=O) groups is 2. The lowest BCUT2D eigenvalue weighted by atomic mass is 9.99. The van der Waals surface area contributed by atoms with Crippen molar-refractivity contribution in [2.24, 2.45) is 5.92 Å². The highest BCUT2D eigenvalue weighted by atomic mass is 32.2. The van der Waals surface area contributed by atoms with Gasteiger partial charge >= 0.3 is 22.2 Å². The van der Waals surface area contributed by atoms with E-state index in [0.29, 0.717) is 6.42 Å². The molecule has 1 aromatic carbocycles. The zero-order valence-electron chi connectivity index (χ0n) is 15.6. The second kappa shape index (κ2) is 8.88. The van der Waals surface area contributed by atoms with Crippen LogP contribution in [0.2, 0.25) is 0 Å². The average Bonchev–Trinajstić information content (AvgIpc) is 2.49. The van der Waals surface area contributed by atoms with Gasteiger partial charge in [-0.1, -0.05) is 12.1 Å². The van der Waals surface area contributed by atoms with E-state index in [0.717, 1.165) is 11.8 Å². The molecule has 146 valence electrons. The molecule has 0 spiro atoms. The third-order valence-electron chi connectivity index (χ3n) is 3.08. The van der Waals surface area contributed by atoms with E-state index in [1.54, 1.807) is 32.9 Å². The van der Waals surface area contributed by atoms with Gasteiger partial charge < -0.3 is 19.0 Å². The van der Waals surface area contributed by atoms with E-state index in [-0.39, 0.29) is 12.3 Å². The summed E-state index contributed by atoms with van der Waals surface area (Å²) in [5, 5.41) is 2.55. The number of esters is 1.